The number of hydrogen-bond donors (Lipinski definition) is 2. The highest BCUT2D eigenvalue weighted by Crippen LogP contribution is 2.31. The molecule has 4 nitrogen and oxygen atoms in total. The van der Waals surface area contributed by atoms with Gasteiger partial charge in [-0.2, -0.15) is 0 Å². The van der Waals surface area contributed by atoms with Gasteiger partial charge < -0.3 is 15.1 Å². The van der Waals surface area contributed by atoms with Crippen molar-refractivity contribution in [3.05, 3.63) is 0 Å². The van der Waals surface area contributed by atoms with E-state index in [1.807, 2.05) is 20.8 Å². The molecule has 0 aromatic rings. The largest absolute Gasteiger partial charge is 0.481 e. The number of aliphatic carboxylic acids is 1. The quantitative estimate of drug-likeness (QED) is 0.763. The summed E-state index contributed by atoms with van der Waals surface area (Å²) in [7, 11) is 0. The van der Waals surface area contributed by atoms with Gasteiger partial charge in [0.25, 0.3) is 0 Å². The highest BCUT2D eigenvalue weighted by Gasteiger charge is 2.37. The van der Waals surface area contributed by atoms with Crippen LogP contribution in [0.25, 0.3) is 0 Å². The number of carbonyl (C=O) groups is 1. The van der Waals surface area contributed by atoms with Crippen LogP contribution >= 0.6 is 0 Å². The van der Waals surface area contributed by atoms with Crippen LogP contribution in [0.5, 0.6) is 0 Å². The average Bonchev–Trinajstić information content (AvgIpc) is 2.21. The number of β-amino-alcohol motifs (C(OH)–C–C–N with tert-alkyl or cyclic N) is 1. The number of hydrogen-bond acceptors (Lipinski definition) is 3. The number of carboxylic acid groups (broad SMARTS) is 1. The molecule has 0 radical (unpaired) electrons. The molecular weight excluding hydrogens is 206 g/mol. The second-order valence-corrected chi connectivity index (χ2v) is 5.49. The molecule has 1 unspecified atom stereocenters. The minimum Gasteiger partial charge on any atom is -0.481 e. The number of piperidine rings is 1. The van der Waals surface area contributed by atoms with Crippen LogP contribution in [0.3, 0.4) is 0 Å². The predicted molar refractivity (Wildman–Crippen MR) is 62.3 cm³/mol. The molecule has 0 bridgehead atoms. The number of rotatable bonds is 4. The van der Waals surface area contributed by atoms with E-state index >= 15 is 0 Å². The Kier molecular flexibility index (Phi) is 3.97. The molecule has 0 aromatic carbocycles. The summed E-state index contributed by atoms with van der Waals surface area (Å²) in [6, 6.07) is 0. The fourth-order valence-corrected chi connectivity index (χ4v) is 2.01. The van der Waals surface area contributed by atoms with E-state index in [4.69, 9.17) is 5.11 Å². The second-order valence-electron chi connectivity index (χ2n) is 5.49. The lowest BCUT2D eigenvalue weighted by molar-refractivity contribution is -0.151. The molecule has 1 heterocycles. The van der Waals surface area contributed by atoms with Crippen LogP contribution in [-0.2, 0) is 4.79 Å². The van der Waals surface area contributed by atoms with E-state index in [9.17, 15) is 9.90 Å². The molecule has 4 heteroatoms. The van der Waals surface area contributed by atoms with Gasteiger partial charge in [-0.3, -0.25) is 4.79 Å². The fourth-order valence-electron chi connectivity index (χ4n) is 2.01. The summed E-state index contributed by atoms with van der Waals surface area (Å²) < 4.78 is 0. The first-order chi connectivity index (χ1) is 7.29. The minimum atomic E-state index is -0.700. The average molecular weight is 229 g/mol. The molecule has 0 saturated carbocycles. The smallest absolute Gasteiger partial charge is 0.309 e. The molecule has 0 spiro atoms. The zero-order valence-corrected chi connectivity index (χ0v) is 10.5. The lowest BCUT2D eigenvalue weighted by Gasteiger charge is -2.39. The van der Waals surface area contributed by atoms with Gasteiger partial charge in [0, 0.05) is 6.54 Å². The van der Waals surface area contributed by atoms with Gasteiger partial charge >= 0.3 is 5.97 Å². The van der Waals surface area contributed by atoms with Crippen molar-refractivity contribution < 1.29 is 15.0 Å². The molecule has 16 heavy (non-hydrogen) atoms. The third-order valence-electron chi connectivity index (χ3n) is 3.80. The second kappa shape index (κ2) is 4.72. The maximum atomic E-state index is 11.1. The van der Waals surface area contributed by atoms with E-state index in [0.29, 0.717) is 19.4 Å². The van der Waals surface area contributed by atoms with E-state index < -0.39 is 17.0 Å². The molecule has 1 atom stereocenters. The Hall–Kier alpha value is -0.610. The summed E-state index contributed by atoms with van der Waals surface area (Å²) in [6.07, 6.45) is 2.06. The van der Waals surface area contributed by atoms with Crippen molar-refractivity contribution in [1.29, 1.82) is 0 Å². The molecule has 2 N–H and O–H groups in total. The molecule has 1 aliphatic heterocycles. The van der Waals surface area contributed by atoms with E-state index in [2.05, 4.69) is 4.90 Å². The van der Waals surface area contributed by atoms with Gasteiger partial charge in [-0.25, -0.2) is 0 Å². The number of nitrogens with zero attached hydrogens (tertiary/aromatic N) is 1. The summed E-state index contributed by atoms with van der Waals surface area (Å²) >= 11 is 0. The Morgan fingerprint density at radius 1 is 1.44 bits per heavy atom. The Morgan fingerprint density at radius 3 is 2.31 bits per heavy atom. The molecular formula is C12H23NO3. The normalized spacial score (nSPS) is 25.0. The van der Waals surface area contributed by atoms with E-state index in [1.165, 1.54) is 0 Å². The molecule has 1 saturated heterocycles. The first-order valence-electron chi connectivity index (χ1n) is 5.97. The van der Waals surface area contributed by atoms with Gasteiger partial charge in [0.15, 0.2) is 0 Å². The van der Waals surface area contributed by atoms with E-state index in [0.717, 1.165) is 19.5 Å². The van der Waals surface area contributed by atoms with Crippen molar-refractivity contribution in [2.24, 2.45) is 5.41 Å². The highest BCUT2D eigenvalue weighted by atomic mass is 16.4. The maximum Gasteiger partial charge on any atom is 0.309 e. The van der Waals surface area contributed by atoms with Crippen LogP contribution in [0.15, 0.2) is 0 Å². The SMILES string of the molecule is CCC(C)(O)CN1CCC(C)(C(=O)O)CC1. The molecule has 0 aromatic heterocycles. The van der Waals surface area contributed by atoms with E-state index in [-0.39, 0.29) is 0 Å². The molecule has 0 aliphatic carbocycles. The summed E-state index contributed by atoms with van der Waals surface area (Å²) in [5.41, 5.74) is -1.23. The summed E-state index contributed by atoms with van der Waals surface area (Å²) in [6.45, 7) is 7.77. The molecule has 1 fully saturated rings. The van der Waals surface area contributed by atoms with Crippen molar-refractivity contribution in [2.45, 2.75) is 45.6 Å². The Bertz CT molecular complexity index is 255. The van der Waals surface area contributed by atoms with Crippen LogP contribution in [-0.4, -0.2) is 46.3 Å². The van der Waals surface area contributed by atoms with Gasteiger partial charge in [-0.1, -0.05) is 6.92 Å². The molecule has 1 rings (SSSR count). The summed E-state index contributed by atoms with van der Waals surface area (Å²) in [5, 5.41) is 19.1. The minimum absolute atomic E-state index is 0.575. The molecule has 1 aliphatic rings. The Balaban J connectivity index is 2.47. The van der Waals surface area contributed by atoms with Gasteiger partial charge in [0.2, 0.25) is 0 Å². The van der Waals surface area contributed by atoms with Crippen LogP contribution in [0.4, 0.5) is 0 Å². The predicted octanol–water partition coefficient (Wildman–Crippen LogP) is 1.33. The van der Waals surface area contributed by atoms with Crippen LogP contribution in [0.1, 0.15) is 40.0 Å². The zero-order valence-electron chi connectivity index (χ0n) is 10.5. The maximum absolute atomic E-state index is 11.1. The van der Waals surface area contributed by atoms with E-state index in [1.54, 1.807) is 0 Å². The Morgan fingerprint density at radius 2 is 1.94 bits per heavy atom. The number of likely N-dealkylation sites (tertiary alicyclic amines) is 1. The van der Waals surface area contributed by atoms with Crippen LogP contribution in [0, 0.1) is 5.41 Å². The van der Waals surface area contributed by atoms with Gasteiger partial charge in [-0.05, 0) is 46.2 Å². The van der Waals surface area contributed by atoms with Gasteiger partial charge in [0.05, 0.1) is 11.0 Å². The standard InChI is InChI=1S/C12H23NO3/c1-4-12(3,16)9-13-7-5-11(2,6-8-13)10(14)15/h16H,4-9H2,1-3H3,(H,14,15). The monoisotopic (exact) mass is 229 g/mol. The first kappa shape index (κ1) is 13.5. The van der Waals surface area contributed by atoms with Crippen molar-refractivity contribution in [2.75, 3.05) is 19.6 Å². The highest BCUT2D eigenvalue weighted by molar-refractivity contribution is 5.74. The summed E-state index contributed by atoms with van der Waals surface area (Å²) in [4.78, 5) is 13.2. The molecule has 0 amide bonds. The molecule has 94 valence electrons. The van der Waals surface area contributed by atoms with Crippen molar-refractivity contribution in [3.8, 4) is 0 Å². The number of carboxylic acids is 1. The fraction of sp³-hybridized carbons (Fsp3) is 0.917. The van der Waals surface area contributed by atoms with Crippen molar-refractivity contribution >= 4 is 5.97 Å². The van der Waals surface area contributed by atoms with Crippen molar-refractivity contribution in [1.82, 2.24) is 4.90 Å². The zero-order chi connectivity index (χ0) is 12.4. The lowest BCUT2D eigenvalue weighted by Crippen LogP contribution is -2.48. The first-order valence-corrected chi connectivity index (χ1v) is 5.97. The van der Waals surface area contributed by atoms with Crippen LogP contribution < -0.4 is 0 Å². The van der Waals surface area contributed by atoms with Gasteiger partial charge in [-0.15, -0.1) is 0 Å². The lowest BCUT2D eigenvalue weighted by atomic mass is 9.80. The third-order valence-corrected chi connectivity index (χ3v) is 3.80. The van der Waals surface area contributed by atoms with Crippen LogP contribution in [0.2, 0.25) is 0 Å². The van der Waals surface area contributed by atoms with Gasteiger partial charge in [0.1, 0.15) is 0 Å². The summed E-state index contributed by atoms with van der Waals surface area (Å²) in [5.74, 6) is -0.700. The third kappa shape index (κ3) is 3.19. The Labute approximate surface area is 97.3 Å². The number of aliphatic hydroxyl groups is 1. The van der Waals surface area contributed by atoms with Crippen molar-refractivity contribution in [3.63, 3.8) is 0 Å². The topological polar surface area (TPSA) is 60.8 Å².